The highest BCUT2D eigenvalue weighted by atomic mass is 16.3. The van der Waals surface area contributed by atoms with Crippen LogP contribution in [0.1, 0.15) is 51.9 Å². The van der Waals surface area contributed by atoms with E-state index in [1.165, 1.54) is 4.90 Å². The van der Waals surface area contributed by atoms with Gasteiger partial charge < -0.3 is 5.11 Å². The SMILES string of the molecule is CCC1CC2C(=O)N(CC(O)C3CCCC3)C(=O)C2C1. The fraction of sp³-hybridized carbons (Fsp3) is 0.875. The summed E-state index contributed by atoms with van der Waals surface area (Å²) in [6.45, 7) is 2.36. The molecular formula is C16H25NO3. The van der Waals surface area contributed by atoms with Gasteiger partial charge in [-0.25, -0.2) is 0 Å². The summed E-state index contributed by atoms with van der Waals surface area (Å²) in [6.07, 6.45) is 6.64. The van der Waals surface area contributed by atoms with Gasteiger partial charge in [-0.05, 0) is 37.5 Å². The highest BCUT2D eigenvalue weighted by Gasteiger charge is 2.52. The van der Waals surface area contributed by atoms with Gasteiger partial charge in [0.15, 0.2) is 0 Å². The van der Waals surface area contributed by atoms with Gasteiger partial charge in [0.1, 0.15) is 0 Å². The molecule has 0 spiro atoms. The molecule has 3 unspecified atom stereocenters. The van der Waals surface area contributed by atoms with Gasteiger partial charge in [-0.15, -0.1) is 0 Å². The van der Waals surface area contributed by atoms with Crippen LogP contribution in [0.2, 0.25) is 0 Å². The van der Waals surface area contributed by atoms with E-state index in [0.717, 1.165) is 44.9 Å². The first kappa shape index (κ1) is 14.1. The Kier molecular flexibility index (Phi) is 3.85. The third-order valence-corrected chi connectivity index (χ3v) is 5.72. The lowest BCUT2D eigenvalue weighted by Gasteiger charge is -2.24. The number of fused-ring (bicyclic) bond motifs is 1. The van der Waals surface area contributed by atoms with Crippen molar-refractivity contribution in [3.8, 4) is 0 Å². The van der Waals surface area contributed by atoms with E-state index in [-0.39, 0.29) is 36.1 Å². The number of hydrogen-bond donors (Lipinski definition) is 1. The molecule has 3 atom stereocenters. The van der Waals surface area contributed by atoms with Crippen LogP contribution in [0.15, 0.2) is 0 Å². The normalized spacial score (nSPS) is 35.9. The van der Waals surface area contributed by atoms with Gasteiger partial charge in [0, 0.05) is 0 Å². The second-order valence-corrected chi connectivity index (χ2v) is 6.86. The average molecular weight is 279 g/mol. The maximum atomic E-state index is 12.4. The van der Waals surface area contributed by atoms with Crippen molar-refractivity contribution in [1.82, 2.24) is 4.90 Å². The summed E-state index contributed by atoms with van der Waals surface area (Å²) in [5.41, 5.74) is 0. The van der Waals surface area contributed by atoms with Crippen LogP contribution < -0.4 is 0 Å². The Morgan fingerprint density at radius 1 is 1.15 bits per heavy atom. The zero-order chi connectivity index (χ0) is 14.3. The molecule has 0 radical (unpaired) electrons. The Balaban J connectivity index is 1.64. The maximum Gasteiger partial charge on any atom is 0.233 e. The highest BCUT2D eigenvalue weighted by molar-refractivity contribution is 6.05. The number of β-amino-alcohol motifs (C(OH)–C–C–N with tert-alkyl or cyclic N) is 1. The molecule has 4 nitrogen and oxygen atoms in total. The molecule has 2 saturated carbocycles. The van der Waals surface area contributed by atoms with Crippen molar-refractivity contribution in [3.63, 3.8) is 0 Å². The van der Waals surface area contributed by atoms with Gasteiger partial charge in [0.25, 0.3) is 0 Å². The number of likely N-dealkylation sites (tertiary alicyclic amines) is 1. The quantitative estimate of drug-likeness (QED) is 0.800. The highest BCUT2D eigenvalue weighted by Crippen LogP contribution is 2.44. The van der Waals surface area contributed by atoms with Crippen molar-refractivity contribution in [1.29, 1.82) is 0 Å². The first-order valence-electron chi connectivity index (χ1n) is 8.15. The van der Waals surface area contributed by atoms with Crippen molar-refractivity contribution in [3.05, 3.63) is 0 Å². The maximum absolute atomic E-state index is 12.4. The molecular weight excluding hydrogens is 254 g/mol. The topological polar surface area (TPSA) is 57.6 Å². The Morgan fingerprint density at radius 2 is 1.70 bits per heavy atom. The van der Waals surface area contributed by atoms with Crippen LogP contribution in [-0.2, 0) is 9.59 Å². The fourth-order valence-electron chi connectivity index (χ4n) is 4.39. The Hall–Kier alpha value is -0.900. The first-order valence-corrected chi connectivity index (χ1v) is 8.15. The van der Waals surface area contributed by atoms with Crippen molar-refractivity contribution < 1.29 is 14.7 Å². The number of amides is 2. The summed E-state index contributed by atoms with van der Waals surface area (Å²) >= 11 is 0. The predicted octanol–water partition coefficient (Wildman–Crippen LogP) is 1.96. The summed E-state index contributed by atoms with van der Waals surface area (Å²) in [4.78, 5) is 26.2. The van der Waals surface area contributed by atoms with Crippen LogP contribution in [0.5, 0.6) is 0 Å². The minimum atomic E-state index is -0.522. The number of aliphatic hydroxyl groups is 1. The van der Waals surface area contributed by atoms with E-state index >= 15 is 0 Å². The molecule has 112 valence electrons. The summed E-state index contributed by atoms with van der Waals surface area (Å²) in [7, 11) is 0. The van der Waals surface area contributed by atoms with E-state index in [1.807, 2.05) is 0 Å². The van der Waals surface area contributed by atoms with Crippen LogP contribution in [-0.4, -0.2) is 34.5 Å². The Morgan fingerprint density at radius 3 is 2.20 bits per heavy atom. The molecule has 2 amide bonds. The summed E-state index contributed by atoms with van der Waals surface area (Å²) in [6, 6.07) is 0. The van der Waals surface area contributed by atoms with E-state index in [4.69, 9.17) is 0 Å². The number of nitrogens with zero attached hydrogens (tertiary/aromatic N) is 1. The molecule has 4 heteroatoms. The Bertz CT molecular complexity index is 379. The summed E-state index contributed by atoms with van der Waals surface area (Å²) in [5.74, 6) is 0.576. The van der Waals surface area contributed by atoms with E-state index in [2.05, 4.69) is 6.92 Å². The molecule has 1 heterocycles. The van der Waals surface area contributed by atoms with Crippen LogP contribution in [0.3, 0.4) is 0 Å². The van der Waals surface area contributed by atoms with Gasteiger partial charge in [-0.1, -0.05) is 26.2 Å². The molecule has 0 bridgehead atoms. The van der Waals surface area contributed by atoms with Crippen LogP contribution in [0, 0.1) is 23.7 Å². The molecule has 0 aromatic carbocycles. The minimum Gasteiger partial charge on any atom is -0.391 e. The lowest BCUT2D eigenvalue weighted by molar-refractivity contribution is -0.142. The van der Waals surface area contributed by atoms with E-state index in [9.17, 15) is 14.7 Å². The average Bonchev–Trinajstić information content (AvgIpc) is 3.14. The van der Waals surface area contributed by atoms with Gasteiger partial charge in [-0.2, -0.15) is 0 Å². The summed E-state index contributed by atoms with van der Waals surface area (Å²) < 4.78 is 0. The van der Waals surface area contributed by atoms with Gasteiger partial charge in [0.2, 0.25) is 11.8 Å². The van der Waals surface area contributed by atoms with Gasteiger partial charge >= 0.3 is 0 Å². The van der Waals surface area contributed by atoms with Crippen molar-refractivity contribution >= 4 is 11.8 Å². The molecule has 0 aromatic heterocycles. The molecule has 0 aromatic rings. The standard InChI is InChI=1S/C16H25NO3/c1-2-10-7-12-13(8-10)16(20)17(15(12)19)9-14(18)11-5-3-4-6-11/h10-14,18H,2-9H2,1H3. The molecule has 2 aliphatic carbocycles. The predicted molar refractivity (Wildman–Crippen MR) is 74.7 cm³/mol. The van der Waals surface area contributed by atoms with E-state index < -0.39 is 6.10 Å². The third kappa shape index (κ3) is 2.28. The zero-order valence-corrected chi connectivity index (χ0v) is 12.3. The molecule has 20 heavy (non-hydrogen) atoms. The molecule has 3 fully saturated rings. The monoisotopic (exact) mass is 279 g/mol. The van der Waals surface area contributed by atoms with Crippen LogP contribution in [0.4, 0.5) is 0 Å². The molecule has 1 N–H and O–H groups in total. The number of carbonyl (C=O) groups is 2. The lowest BCUT2D eigenvalue weighted by Crippen LogP contribution is -2.40. The fourth-order valence-corrected chi connectivity index (χ4v) is 4.39. The number of rotatable bonds is 4. The number of imide groups is 1. The first-order chi connectivity index (χ1) is 9.61. The number of hydrogen-bond acceptors (Lipinski definition) is 3. The van der Waals surface area contributed by atoms with Crippen LogP contribution in [0.25, 0.3) is 0 Å². The minimum absolute atomic E-state index is 0.0204. The van der Waals surface area contributed by atoms with E-state index in [0.29, 0.717) is 5.92 Å². The molecule has 3 rings (SSSR count). The molecule has 1 saturated heterocycles. The smallest absolute Gasteiger partial charge is 0.233 e. The zero-order valence-electron chi connectivity index (χ0n) is 12.3. The second kappa shape index (κ2) is 5.47. The number of aliphatic hydroxyl groups excluding tert-OH is 1. The number of carbonyl (C=O) groups excluding carboxylic acids is 2. The molecule has 1 aliphatic heterocycles. The van der Waals surface area contributed by atoms with Gasteiger partial charge in [0.05, 0.1) is 24.5 Å². The van der Waals surface area contributed by atoms with Crippen LogP contribution >= 0.6 is 0 Å². The summed E-state index contributed by atoms with van der Waals surface area (Å²) in [5, 5.41) is 10.3. The third-order valence-electron chi connectivity index (χ3n) is 5.72. The van der Waals surface area contributed by atoms with Crippen molar-refractivity contribution in [2.75, 3.05) is 6.54 Å². The van der Waals surface area contributed by atoms with Crippen molar-refractivity contribution in [2.24, 2.45) is 23.7 Å². The second-order valence-electron chi connectivity index (χ2n) is 6.86. The van der Waals surface area contributed by atoms with E-state index in [1.54, 1.807) is 0 Å². The van der Waals surface area contributed by atoms with Crippen molar-refractivity contribution in [2.45, 2.75) is 58.0 Å². The van der Waals surface area contributed by atoms with Gasteiger partial charge in [-0.3, -0.25) is 14.5 Å². The molecule has 3 aliphatic rings. The lowest BCUT2D eigenvalue weighted by atomic mass is 10.00. The Labute approximate surface area is 120 Å². The largest absolute Gasteiger partial charge is 0.391 e.